The van der Waals surface area contributed by atoms with E-state index in [0.29, 0.717) is 12.8 Å². The molecule has 2 nitrogen and oxygen atoms in total. The normalized spacial score (nSPS) is 12.1. The quantitative estimate of drug-likeness (QED) is 0.520. The number of carbonyl (C=O) groups is 2. The van der Waals surface area contributed by atoms with Gasteiger partial charge in [0, 0.05) is 12.8 Å². The Morgan fingerprint density at radius 1 is 1.31 bits per heavy atom. The van der Waals surface area contributed by atoms with Crippen molar-refractivity contribution < 1.29 is 9.59 Å². The predicted molar refractivity (Wildman–Crippen MR) is 64.4 cm³/mol. The molecule has 2 heteroatoms. The summed E-state index contributed by atoms with van der Waals surface area (Å²) in [6.45, 7) is 1.62. The minimum atomic E-state index is 0.208. The molecule has 0 aliphatic rings. The van der Waals surface area contributed by atoms with E-state index < -0.39 is 0 Å². The molecule has 0 saturated carbocycles. The number of Topliss-reactive ketones (excluding diaryl/α,β-unsaturated/α-hetero) is 1. The molecular weight excluding hydrogens is 200 g/mol. The predicted octanol–water partition coefficient (Wildman–Crippen LogP) is 3.12. The minimum absolute atomic E-state index is 0.208. The maximum Gasteiger partial charge on any atom is 0.130 e. The molecule has 0 bridgehead atoms. The first-order valence-electron chi connectivity index (χ1n) is 5.72. The fourth-order valence-electron chi connectivity index (χ4n) is 1.91. The van der Waals surface area contributed by atoms with Crippen LogP contribution in [0, 0.1) is 0 Å². The van der Waals surface area contributed by atoms with Crippen LogP contribution in [0.1, 0.15) is 44.1 Å². The van der Waals surface area contributed by atoms with Crippen LogP contribution in [0.5, 0.6) is 0 Å². The van der Waals surface area contributed by atoms with Gasteiger partial charge in [-0.1, -0.05) is 30.3 Å². The van der Waals surface area contributed by atoms with Crippen LogP contribution in [0.3, 0.4) is 0 Å². The van der Waals surface area contributed by atoms with Crippen LogP contribution in [0.25, 0.3) is 0 Å². The summed E-state index contributed by atoms with van der Waals surface area (Å²) >= 11 is 0. The monoisotopic (exact) mass is 218 g/mol. The Hall–Kier alpha value is -1.44. The van der Waals surface area contributed by atoms with Crippen molar-refractivity contribution in [3.05, 3.63) is 35.9 Å². The highest BCUT2D eigenvalue weighted by atomic mass is 16.1. The Morgan fingerprint density at radius 3 is 2.56 bits per heavy atom. The maximum atomic E-state index is 11.2. The lowest BCUT2D eigenvalue weighted by molar-refractivity contribution is -0.117. The van der Waals surface area contributed by atoms with E-state index >= 15 is 0 Å². The van der Waals surface area contributed by atoms with E-state index in [9.17, 15) is 9.59 Å². The van der Waals surface area contributed by atoms with Gasteiger partial charge in [-0.25, -0.2) is 0 Å². The minimum Gasteiger partial charge on any atom is -0.303 e. The van der Waals surface area contributed by atoms with E-state index in [1.165, 1.54) is 5.56 Å². The van der Waals surface area contributed by atoms with Crippen molar-refractivity contribution in [2.24, 2.45) is 0 Å². The van der Waals surface area contributed by atoms with E-state index in [1.54, 1.807) is 6.92 Å². The SMILES string of the molecule is CC(=O)CC(CCCC=O)c1ccccc1. The molecule has 86 valence electrons. The molecule has 1 unspecified atom stereocenters. The van der Waals surface area contributed by atoms with Crippen molar-refractivity contribution in [2.75, 3.05) is 0 Å². The second kappa shape index (κ2) is 6.94. The van der Waals surface area contributed by atoms with Crippen molar-refractivity contribution in [3.8, 4) is 0 Å². The Kier molecular flexibility index (Phi) is 5.48. The average molecular weight is 218 g/mol. The third-order valence-electron chi connectivity index (χ3n) is 2.68. The zero-order chi connectivity index (χ0) is 11.8. The number of carbonyl (C=O) groups excluding carboxylic acids is 2. The van der Waals surface area contributed by atoms with Crippen molar-refractivity contribution in [3.63, 3.8) is 0 Å². The first kappa shape index (κ1) is 12.6. The van der Waals surface area contributed by atoms with Gasteiger partial charge >= 0.3 is 0 Å². The van der Waals surface area contributed by atoms with Gasteiger partial charge in [0.25, 0.3) is 0 Å². The van der Waals surface area contributed by atoms with Crippen LogP contribution in [0.15, 0.2) is 30.3 Å². The molecule has 1 aromatic carbocycles. The van der Waals surface area contributed by atoms with Crippen LogP contribution in [0.2, 0.25) is 0 Å². The highest BCUT2D eigenvalue weighted by Crippen LogP contribution is 2.25. The van der Waals surface area contributed by atoms with Crippen molar-refractivity contribution in [2.45, 2.75) is 38.5 Å². The molecule has 1 atom stereocenters. The van der Waals surface area contributed by atoms with Crippen LogP contribution in [0.4, 0.5) is 0 Å². The summed E-state index contributed by atoms with van der Waals surface area (Å²) in [7, 11) is 0. The van der Waals surface area contributed by atoms with Crippen molar-refractivity contribution >= 4 is 12.1 Å². The standard InChI is InChI=1S/C14H18O2/c1-12(16)11-14(9-5-6-10-15)13-7-3-2-4-8-13/h2-4,7-8,10,14H,5-6,9,11H2,1H3. The molecule has 0 aromatic heterocycles. The summed E-state index contributed by atoms with van der Waals surface area (Å²) in [5.41, 5.74) is 1.20. The molecule has 1 rings (SSSR count). The maximum absolute atomic E-state index is 11.2. The summed E-state index contributed by atoms with van der Waals surface area (Å²) in [6.07, 6.45) is 3.86. The summed E-state index contributed by atoms with van der Waals surface area (Å²) < 4.78 is 0. The van der Waals surface area contributed by atoms with E-state index in [0.717, 1.165) is 19.1 Å². The Balaban J connectivity index is 2.63. The van der Waals surface area contributed by atoms with Gasteiger partial charge in [-0.15, -0.1) is 0 Å². The summed E-state index contributed by atoms with van der Waals surface area (Å²) in [5.74, 6) is 0.471. The molecule has 0 saturated heterocycles. The highest BCUT2D eigenvalue weighted by molar-refractivity contribution is 5.76. The Labute approximate surface area is 96.7 Å². The fourth-order valence-corrected chi connectivity index (χ4v) is 1.91. The highest BCUT2D eigenvalue weighted by Gasteiger charge is 2.12. The van der Waals surface area contributed by atoms with Crippen molar-refractivity contribution in [1.29, 1.82) is 0 Å². The number of hydrogen-bond donors (Lipinski definition) is 0. The number of ketones is 1. The summed E-state index contributed by atoms with van der Waals surface area (Å²) in [5, 5.41) is 0. The molecule has 0 N–H and O–H groups in total. The summed E-state index contributed by atoms with van der Waals surface area (Å²) in [6, 6.07) is 10.0. The number of benzene rings is 1. The Morgan fingerprint density at radius 2 is 2.00 bits per heavy atom. The second-order valence-corrected chi connectivity index (χ2v) is 4.11. The molecule has 0 spiro atoms. The van der Waals surface area contributed by atoms with E-state index in [1.807, 2.05) is 18.2 Å². The topological polar surface area (TPSA) is 34.1 Å². The smallest absolute Gasteiger partial charge is 0.130 e. The molecular formula is C14H18O2. The van der Waals surface area contributed by atoms with E-state index in [2.05, 4.69) is 12.1 Å². The van der Waals surface area contributed by atoms with Gasteiger partial charge in [-0.2, -0.15) is 0 Å². The first-order chi connectivity index (χ1) is 7.74. The molecule has 16 heavy (non-hydrogen) atoms. The molecule has 0 amide bonds. The number of rotatable bonds is 7. The Bertz CT molecular complexity index is 330. The lowest BCUT2D eigenvalue weighted by Crippen LogP contribution is -2.04. The van der Waals surface area contributed by atoms with Gasteiger partial charge in [-0.05, 0) is 31.2 Å². The molecule has 0 fully saturated rings. The van der Waals surface area contributed by atoms with Crippen molar-refractivity contribution in [1.82, 2.24) is 0 Å². The van der Waals surface area contributed by atoms with Gasteiger partial charge in [0.05, 0.1) is 0 Å². The molecule has 0 aliphatic carbocycles. The van der Waals surface area contributed by atoms with Gasteiger partial charge in [0.1, 0.15) is 12.1 Å². The van der Waals surface area contributed by atoms with Crippen LogP contribution in [-0.2, 0) is 9.59 Å². The number of hydrogen-bond acceptors (Lipinski definition) is 2. The largest absolute Gasteiger partial charge is 0.303 e. The zero-order valence-corrected chi connectivity index (χ0v) is 9.69. The third-order valence-corrected chi connectivity index (χ3v) is 2.68. The van der Waals surface area contributed by atoms with Gasteiger partial charge in [0.15, 0.2) is 0 Å². The molecule has 1 aromatic rings. The average Bonchev–Trinajstić information content (AvgIpc) is 2.29. The number of unbranched alkanes of at least 4 members (excludes halogenated alkanes) is 1. The summed E-state index contributed by atoms with van der Waals surface area (Å²) in [4.78, 5) is 21.5. The number of aldehydes is 1. The van der Waals surface area contributed by atoms with E-state index in [4.69, 9.17) is 0 Å². The van der Waals surface area contributed by atoms with Crippen LogP contribution < -0.4 is 0 Å². The lowest BCUT2D eigenvalue weighted by Gasteiger charge is -2.15. The van der Waals surface area contributed by atoms with Gasteiger partial charge < -0.3 is 9.59 Å². The third kappa shape index (κ3) is 4.39. The van der Waals surface area contributed by atoms with Gasteiger partial charge in [0.2, 0.25) is 0 Å². The lowest BCUT2D eigenvalue weighted by atomic mass is 9.89. The molecule has 0 heterocycles. The first-order valence-corrected chi connectivity index (χ1v) is 5.72. The van der Waals surface area contributed by atoms with Gasteiger partial charge in [-0.3, -0.25) is 0 Å². The fraction of sp³-hybridized carbons (Fsp3) is 0.429. The van der Waals surface area contributed by atoms with E-state index in [-0.39, 0.29) is 11.7 Å². The zero-order valence-electron chi connectivity index (χ0n) is 9.69. The molecule has 0 aliphatic heterocycles. The van der Waals surface area contributed by atoms with Crippen LogP contribution in [-0.4, -0.2) is 12.1 Å². The second-order valence-electron chi connectivity index (χ2n) is 4.11. The molecule has 0 radical (unpaired) electrons. The van der Waals surface area contributed by atoms with Crippen LogP contribution >= 0.6 is 0 Å².